The number of hydrogen-bond donors (Lipinski definition) is 0. The SMILES string of the molecule is CC(Cc1csc2ccccc12)C(Cl)c1ccccc1. The predicted octanol–water partition coefficient (Wildman–Crippen LogP) is 6.06. The van der Waals surface area contributed by atoms with Crippen molar-refractivity contribution in [1.82, 2.24) is 0 Å². The van der Waals surface area contributed by atoms with Gasteiger partial charge < -0.3 is 0 Å². The van der Waals surface area contributed by atoms with Crippen LogP contribution in [0.15, 0.2) is 60.0 Å². The highest BCUT2D eigenvalue weighted by Crippen LogP contribution is 2.34. The largest absolute Gasteiger partial charge is 0.144 e. The maximum Gasteiger partial charge on any atom is 0.0613 e. The molecule has 2 aromatic carbocycles. The Balaban J connectivity index is 1.80. The molecule has 2 unspecified atom stereocenters. The highest BCUT2D eigenvalue weighted by atomic mass is 35.5. The van der Waals surface area contributed by atoms with Gasteiger partial charge in [-0.1, -0.05) is 55.5 Å². The Bertz CT molecular complexity index is 687. The van der Waals surface area contributed by atoms with Crippen molar-refractivity contribution in [3.63, 3.8) is 0 Å². The van der Waals surface area contributed by atoms with E-state index in [9.17, 15) is 0 Å². The summed E-state index contributed by atoms with van der Waals surface area (Å²) in [6, 6.07) is 19.0. The molecule has 0 fully saturated rings. The second kappa shape index (κ2) is 5.99. The van der Waals surface area contributed by atoms with Crippen LogP contribution in [0.5, 0.6) is 0 Å². The maximum atomic E-state index is 6.63. The fourth-order valence-electron chi connectivity index (χ4n) is 2.61. The third-order valence-corrected chi connectivity index (χ3v) is 5.42. The summed E-state index contributed by atoms with van der Waals surface area (Å²) in [5.41, 5.74) is 2.63. The summed E-state index contributed by atoms with van der Waals surface area (Å²) in [6.07, 6.45) is 1.02. The van der Waals surface area contributed by atoms with Crippen molar-refractivity contribution in [2.45, 2.75) is 18.7 Å². The summed E-state index contributed by atoms with van der Waals surface area (Å²) in [4.78, 5) is 0. The number of thiophene rings is 1. The van der Waals surface area contributed by atoms with Crippen molar-refractivity contribution in [2.75, 3.05) is 0 Å². The lowest BCUT2D eigenvalue weighted by atomic mass is 9.93. The summed E-state index contributed by atoms with van der Waals surface area (Å²) >= 11 is 8.45. The summed E-state index contributed by atoms with van der Waals surface area (Å²) < 4.78 is 1.36. The van der Waals surface area contributed by atoms with Gasteiger partial charge in [-0.05, 0) is 40.3 Å². The molecule has 0 amide bonds. The quantitative estimate of drug-likeness (QED) is 0.514. The minimum Gasteiger partial charge on any atom is -0.144 e. The zero-order valence-corrected chi connectivity index (χ0v) is 13.0. The van der Waals surface area contributed by atoms with Crippen molar-refractivity contribution >= 4 is 33.0 Å². The first-order chi connectivity index (χ1) is 9.75. The van der Waals surface area contributed by atoms with Crippen molar-refractivity contribution in [1.29, 1.82) is 0 Å². The molecule has 0 nitrogen and oxygen atoms in total. The molecule has 2 atom stereocenters. The molecule has 20 heavy (non-hydrogen) atoms. The molecule has 0 aliphatic heterocycles. The zero-order chi connectivity index (χ0) is 13.9. The summed E-state index contributed by atoms with van der Waals surface area (Å²) in [7, 11) is 0. The van der Waals surface area contributed by atoms with Gasteiger partial charge in [0.2, 0.25) is 0 Å². The topological polar surface area (TPSA) is 0 Å². The summed E-state index contributed by atoms with van der Waals surface area (Å²) in [6.45, 7) is 2.23. The van der Waals surface area contributed by atoms with Gasteiger partial charge in [-0.15, -0.1) is 22.9 Å². The molecule has 0 saturated carbocycles. The summed E-state index contributed by atoms with van der Waals surface area (Å²) in [5, 5.41) is 3.71. The van der Waals surface area contributed by atoms with E-state index in [0.29, 0.717) is 5.92 Å². The lowest BCUT2D eigenvalue weighted by Gasteiger charge is -2.18. The normalized spacial score (nSPS) is 14.3. The van der Waals surface area contributed by atoms with Gasteiger partial charge >= 0.3 is 0 Å². The highest BCUT2D eigenvalue weighted by Gasteiger charge is 2.18. The fourth-order valence-corrected chi connectivity index (χ4v) is 3.82. The average molecular weight is 301 g/mol. The third-order valence-electron chi connectivity index (χ3n) is 3.72. The van der Waals surface area contributed by atoms with Crippen LogP contribution in [0.4, 0.5) is 0 Å². The monoisotopic (exact) mass is 300 g/mol. The Kier molecular flexibility index (Phi) is 4.09. The molecule has 102 valence electrons. The van der Waals surface area contributed by atoms with E-state index in [0.717, 1.165) is 6.42 Å². The number of halogens is 1. The smallest absolute Gasteiger partial charge is 0.0613 e. The van der Waals surface area contributed by atoms with Crippen molar-refractivity contribution in [3.8, 4) is 0 Å². The average Bonchev–Trinajstić information content (AvgIpc) is 2.91. The molecule has 3 rings (SSSR count). The molecule has 0 aliphatic rings. The molecule has 2 heteroatoms. The van der Waals surface area contributed by atoms with Crippen LogP contribution in [-0.2, 0) is 6.42 Å². The molecule has 1 aromatic heterocycles. The molecular weight excluding hydrogens is 284 g/mol. The number of benzene rings is 2. The maximum absolute atomic E-state index is 6.63. The standard InChI is InChI=1S/C18H17ClS/c1-13(18(19)14-7-3-2-4-8-14)11-15-12-20-17-10-6-5-9-16(15)17/h2-10,12-13,18H,11H2,1H3. The highest BCUT2D eigenvalue weighted by molar-refractivity contribution is 7.17. The van der Waals surface area contributed by atoms with E-state index in [1.54, 1.807) is 0 Å². The van der Waals surface area contributed by atoms with Gasteiger partial charge in [0, 0.05) is 4.70 Å². The van der Waals surface area contributed by atoms with Gasteiger partial charge in [-0.25, -0.2) is 0 Å². The molecular formula is C18H17ClS. The number of alkyl halides is 1. The Morgan fingerprint density at radius 1 is 1.00 bits per heavy atom. The van der Waals surface area contributed by atoms with Crippen LogP contribution in [0.1, 0.15) is 23.4 Å². The van der Waals surface area contributed by atoms with Crippen molar-refractivity contribution < 1.29 is 0 Å². The van der Waals surface area contributed by atoms with Gasteiger partial charge in [0.1, 0.15) is 0 Å². The van der Waals surface area contributed by atoms with E-state index in [-0.39, 0.29) is 5.38 Å². The number of fused-ring (bicyclic) bond motifs is 1. The molecule has 0 radical (unpaired) electrons. The Morgan fingerprint density at radius 2 is 1.70 bits per heavy atom. The van der Waals surface area contributed by atoms with Gasteiger partial charge in [0.05, 0.1) is 5.38 Å². The van der Waals surface area contributed by atoms with Crippen LogP contribution in [-0.4, -0.2) is 0 Å². The van der Waals surface area contributed by atoms with Crippen LogP contribution in [0.3, 0.4) is 0 Å². The first-order valence-electron chi connectivity index (χ1n) is 6.90. The molecule has 0 spiro atoms. The Labute approximate surface area is 129 Å². The third kappa shape index (κ3) is 2.74. The van der Waals surface area contributed by atoms with Crippen LogP contribution in [0.25, 0.3) is 10.1 Å². The zero-order valence-electron chi connectivity index (χ0n) is 11.4. The van der Waals surface area contributed by atoms with Crippen molar-refractivity contribution in [3.05, 3.63) is 71.1 Å². The van der Waals surface area contributed by atoms with Crippen LogP contribution >= 0.6 is 22.9 Å². The Morgan fingerprint density at radius 3 is 2.50 bits per heavy atom. The van der Waals surface area contributed by atoms with Crippen molar-refractivity contribution in [2.24, 2.45) is 5.92 Å². The lowest BCUT2D eigenvalue weighted by molar-refractivity contribution is 0.561. The Hall–Kier alpha value is -1.31. The van der Waals surface area contributed by atoms with Crippen LogP contribution < -0.4 is 0 Å². The van der Waals surface area contributed by atoms with Gasteiger partial charge in [0.15, 0.2) is 0 Å². The number of rotatable bonds is 4. The number of hydrogen-bond acceptors (Lipinski definition) is 1. The minimum atomic E-state index is 0.0647. The second-order valence-electron chi connectivity index (χ2n) is 5.25. The van der Waals surface area contributed by atoms with E-state index in [2.05, 4.69) is 60.8 Å². The van der Waals surface area contributed by atoms with E-state index < -0.39 is 0 Å². The minimum absolute atomic E-state index is 0.0647. The molecule has 0 aliphatic carbocycles. The van der Waals surface area contributed by atoms with E-state index in [1.165, 1.54) is 21.2 Å². The van der Waals surface area contributed by atoms with Crippen LogP contribution in [0.2, 0.25) is 0 Å². The summed E-state index contributed by atoms with van der Waals surface area (Å²) in [5.74, 6) is 0.414. The van der Waals surface area contributed by atoms with E-state index in [1.807, 2.05) is 17.4 Å². The first-order valence-corrected chi connectivity index (χ1v) is 8.21. The fraction of sp³-hybridized carbons (Fsp3) is 0.222. The van der Waals surface area contributed by atoms with E-state index in [4.69, 9.17) is 11.6 Å². The van der Waals surface area contributed by atoms with Gasteiger partial charge in [-0.3, -0.25) is 0 Å². The van der Waals surface area contributed by atoms with Gasteiger partial charge in [-0.2, -0.15) is 0 Å². The molecule has 0 bridgehead atoms. The molecule has 0 saturated heterocycles. The second-order valence-corrected chi connectivity index (χ2v) is 6.63. The predicted molar refractivity (Wildman–Crippen MR) is 89.7 cm³/mol. The molecule has 0 N–H and O–H groups in total. The molecule has 1 heterocycles. The van der Waals surface area contributed by atoms with E-state index >= 15 is 0 Å². The van der Waals surface area contributed by atoms with Gasteiger partial charge in [0.25, 0.3) is 0 Å². The first kappa shape index (κ1) is 13.7. The lowest BCUT2D eigenvalue weighted by Crippen LogP contribution is -2.07. The molecule has 3 aromatic rings. The van der Waals surface area contributed by atoms with Crippen LogP contribution in [0, 0.1) is 5.92 Å².